The van der Waals surface area contributed by atoms with Crippen LogP contribution in [0, 0.1) is 0 Å². The molecule has 21 heavy (non-hydrogen) atoms. The first kappa shape index (κ1) is 12.9. The van der Waals surface area contributed by atoms with Crippen molar-refractivity contribution in [1.29, 1.82) is 0 Å². The van der Waals surface area contributed by atoms with Gasteiger partial charge < -0.3 is 0 Å². The first-order valence-corrected chi connectivity index (χ1v) is 8.32. The topological polar surface area (TPSA) is 56.0 Å². The Balaban J connectivity index is 1.54. The second-order valence-electron chi connectivity index (χ2n) is 5.59. The van der Waals surface area contributed by atoms with Crippen LogP contribution in [0.5, 0.6) is 0 Å². The maximum absolute atomic E-state index is 4.72. The number of aryl methyl sites for hydroxylation is 2. The predicted octanol–water partition coefficient (Wildman–Crippen LogP) is 3.02. The summed E-state index contributed by atoms with van der Waals surface area (Å²) >= 11 is 1.65. The third kappa shape index (κ3) is 2.55. The van der Waals surface area contributed by atoms with Crippen molar-refractivity contribution >= 4 is 16.3 Å². The van der Waals surface area contributed by atoms with Crippen LogP contribution in [0.2, 0.25) is 0 Å². The average molecular weight is 299 g/mol. The van der Waals surface area contributed by atoms with E-state index < -0.39 is 0 Å². The van der Waals surface area contributed by atoms with Gasteiger partial charge in [-0.2, -0.15) is 9.61 Å². The summed E-state index contributed by atoms with van der Waals surface area (Å²) in [5.74, 6) is 1.61. The van der Waals surface area contributed by atoms with Crippen molar-refractivity contribution in [3.05, 3.63) is 40.9 Å². The van der Waals surface area contributed by atoms with E-state index in [0.29, 0.717) is 5.92 Å². The van der Waals surface area contributed by atoms with Crippen LogP contribution in [-0.4, -0.2) is 24.8 Å². The SMILES string of the molecule is c1cncc(CCc2nn3c(C4CCCC4)nnc3s2)c1. The minimum absolute atomic E-state index is 0.549. The van der Waals surface area contributed by atoms with Gasteiger partial charge in [-0.15, -0.1) is 10.2 Å². The molecule has 4 rings (SSSR count). The molecule has 0 N–H and O–H groups in total. The second-order valence-corrected chi connectivity index (χ2v) is 6.63. The number of hydrogen-bond donors (Lipinski definition) is 0. The van der Waals surface area contributed by atoms with Gasteiger partial charge in [0.1, 0.15) is 5.01 Å². The Morgan fingerprint density at radius 3 is 2.90 bits per heavy atom. The number of hydrogen-bond acceptors (Lipinski definition) is 5. The van der Waals surface area contributed by atoms with E-state index in [4.69, 9.17) is 5.10 Å². The van der Waals surface area contributed by atoms with Crippen LogP contribution in [0.15, 0.2) is 24.5 Å². The van der Waals surface area contributed by atoms with E-state index in [1.165, 1.54) is 31.2 Å². The second kappa shape index (κ2) is 5.52. The smallest absolute Gasteiger partial charge is 0.234 e. The highest BCUT2D eigenvalue weighted by atomic mass is 32.1. The van der Waals surface area contributed by atoms with Gasteiger partial charge in [-0.25, -0.2) is 0 Å². The summed E-state index contributed by atoms with van der Waals surface area (Å²) in [6, 6.07) is 4.09. The molecular formula is C15H17N5S. The number of rotatable bonds is 4. The standard InChI is InChI=1S/C15H17N5S/c1-2-6-12(5-1)14-17-18-15-20(14)19-13(21-15)8-7-11-4-3-9-16-10-11/h3-4,9-10,12H,1-2,5-8H2. The van der Waals surface area contributed by atoms with Crippen LogP contribution >= 0.6 is 11.3 Å². The third-order valence-electron chi connectivity index (χ3n) is 4.13. The van der Waals surface area contributed by atoms with Gasteiger partial charge in [-0.1, -0.05) is 30.2 Å². The zero-order valence-electron chi connectivity index (χ0n) is 11.8. The minimum atomic E-state index is 0.549. The van der Waals surface area contributed by atoms with Crippen molar-refractivity contribution in [2.75, 3.05) is 0 Å². The molecule has 0 aromatic carbocycles. The molecular weight excluding hydrogens is 282 g/mol. The van der Waals surface area contributed by atoms with Crippen molar-refractivity contribution in [2.45, 2.75) is 44.4 Å². The van der Waals surface area contributed by atoms with Gasteiger partial charge in [0.15, 0.2) is 5.82 Å². The molecule has 3 aromatic rings. The van der Waals surface area contributed by atoms with E-state index in [0.717, 1.165) is 28.6 Å². The highest BCUT2D eigenvalue weighted by molar-refractivity contribution is 7.16. The highest BCUT2D eigenvalue weighted by Crippen LogP contribution is 2.33. The molecule has 0 atom stereocenters. The molecule has 0 radical (unpaired) electrons. The Labute approximate surface area is 127 Å². The maximum atomic E-state index is 4.72. The van der Waals surface area contributed by atoms with E-state index in [1.807, 2.05) is 16.8 Å². The molecule has 0 amide bonds. The monoisotopic (exact) mass is 299 g/mol. The minimum Gasteiger partial charge on any atom is -0.264 e. The van der Waals surface area contributed by atoms with Crippen molar-refractivity contribution in [3.8, 4) is 0 Å². The van der Waals surface area contributed by atoms with Gasteiger partial charge in [-0.05, 0) is 30.9 Å². The normalized spacial score (nSPS) is 16.0. The molecule has 0 spiro atoms. The van der Waals surface area contributed by atoms with Gasteiger partial charge >= 0.3 is 0 Å². The van der Waals surface area contributed by atoms with E-state index in [2.05, 4.69) is 21.2 Å². The molecule has 1 aliphatic rings. The van der Waals surface area contributed by atoms with Crippen LogP contribution in [0.3, 0.4) is 0 Å². The Morgan fingerprint density at radius 1 is 1.19 bits per heavy atom. The molecule has 0 bridgehead atoms. The van der Waals surface area contributed by atoms with E-state index in [-0.39, 0.29) is 0 Å². The summed E-state index contributed by atoms with van der Waals surface area (Å²) in [5.41, 5.74) is 1.25. The summed E-state index contributed by atoms with van der Waals surface area (Å²) in [6.45, 7) is 0. The van der Waals surface area contributed by atoms with Crippen molar-refractivity contribution < 1.29 is 0 Å². The lowest BCUT2D eigenvalue weighted by Crippen LogP contribution is -2.02. The number of nitrogens with zero attached hydrogens (tertiary/aromatic N) is 5. The fourth-order valence-electron chi connectivity index (χ4n) is 3.01. The summed E-state index contributed by atoms with van der Waals surface area (Å²) in [4.78, 5) is 5.08. The molecule has 1 fully saturated rings. The van der Waals surface area contributed by atoms with Gasteiger partial charge in [0, 0.05) is 24.7 Å². The van der Waals surface area contributed by atoms with Gasteiger partial charge in [-0.3, -0.25) is 4.98 Å². The molecule has 0 saturated heterocycles. The molecule has 3 heterocycles. The van der Waals surface area contributed by atoms with Crippen LogP contribution in [0.4, 0.5) is 0 Å². The molecule has 6 heteroatoms. The Kier molecular flexibility index (Phi) is 3.39. The van der Waals surface area contributed by atoms with E-state index in [9.17, 15) is 0 Å². The van der Waals surface area contributed by atoms with Crippen LogP contribution in [0.25, 0.3) is 4.96 Å². The van der Waals surface area contributed by atoms with Crippen LogP contribution in [-0.2, 0) is 12.8 Å². The number of aromatic nitrogens is 5. The van der Waals surface area contributed by atoms with Crippen LogP contribution in [0.1, 0.15) is 48.0 Å². The molecule has 5 nitrogen and oxygen atoms in total. The Bertz CT molecular complexity index is 727. The zero-order chi connectivity index (χ0) is 14.1. The lowest BCUT2D eigenvalue weighted by atomic mass is 10.1. The lowest BCUT2D eigenvalue weighted by Gasteiger charge is -2.03. The number of fused-ring (bicyclic) bond motifs is 1. The summed E-state index contributed by atoms with van der Waals surface area (Å²) in [6.07, 6.45) is 10.7. The fourth-order valence-corrected chi connectivity index (χ4v) is 3.85. The summed E-state index contributed by atoms with van der Waals surface area (Å²) in [5, 5.41) is 14.5. The molecule has 0 aliphatic heterocycles. The zero-order valence-corrected chi connectivity index (χ0v) is 12.6. The lowest BCUT2D eigenvalue weighted by molar-refractivity contribution is 0.637. The third-order valence-corrected chi connectivity index (χ3v) is 5.09. The van der Waals surface area contributed by atoms with Crippen LogP contribution < -0.4 is 0 Å². The van der Waals surface area contributed by atoms with Crippen molar-refractivity contribution in [3.63, 3.8) is 0 Å². The van der Waals surface area contributed by atoms with Gasteiger partial charge in [0.05, 0.1) is 0 Å². The summed E-state index contributed by atoms with van der Waals surface area (Å²) < 4.78 is 1.97. The first-order chi connectivity index (χ1) is 10.4. The Morgan fingerprint density at radius 2 is 2.10 bits per heavy atom. The highest BCUT2D eigenvalue weighted by Gasteiger charge is 2.23. The average Bonchev–Trinajstić information content (AvgIpc) is 3.22. The van der Waals surface area contributed by atoms with Crippen molar-refractivity contribution in [2.24, 2.45) is 0 Å². The predicted molar refractivity (Wildman–Crippen MR) is 81.5 cm³/mol. The maximum Gasteiger partial charge on any atom is 0.234 e. The quantitative estimate of drug-likeness (QED) is 0.743. The largest absolute Gasteiger partial charge is 0.264 e. The first-order valence-electron chi connectivity index (χ1n) is 7.50. The van der Waals surface area contributed by atoms with Gasteiger partial charge in [0.25, 0.3) is 0 Å². The van der Waals surface area contributed by atoms with Gasteiger partial charge in [0.2, 0.25) is 4.96 Å². The molecule has 0 unspecified atom stereocenters. The van der Waals surface area contributed by atoms with Crippen molar-refractivity contribution in [1.82, 2.24) is 24.8 Å². The molecule has 3 aromatic heterocycles. The molecule has 1 aliphatic carbocycles. The summed E-state index contributed by atoms with van der Waals surface area (Å²) in [7, 11) is 0. The molecule has 1 saturated carbocycles. The molecule has 108 valence electrons. The number of pyridine rings is 1. The Hall–Kier alpha value is -1.82. The fraction of sp³-hybridized carbons (Fsp3) is 0.467. The van der Waals surface area contributed by atoms with E-state index >= 15 is 0 Å². The van der Waals surface area contributed by atoms with E-state index in [1.54, 1.807) is 17.5 Å².